The minimum atomic E-state index is -1.17. The van der Waals surface area contributed by atoms with Crippen molar-refractivity contribution < 1.29 is 14.4 Å². The molecule has 2 aromatic rings. The van der Waals surface area contributed by atoms with Gasteiger partial charge in [0.25, 0.3) is 5.91 Å². The fourth-order valence-electron chi connectivity index (χ4n) is 4.21. The molecule has 0 unspecified atom stereocenters. The van der Waals surface area contributed by atoms with Gasteiger partial charge in [0.1, 0.15) is 5.54 Å². The van der Waals surface area contributed by atoms with Crippen molar-refractivity contribution in [2.45, 2.75) is 66.0 Å². The number of aryl methyl sites for hydroxylation is 2. The van der Waals surface area contributed by atoms with Gasteiger partial charge in [0, 0.05) is 23.5 Å². The number of carbonyl (C=O) groups excluding carboxylic acids is 3. The molecule has 2 heterocycles. The van der Waals surface area contributed by atoms with Crippen molar-refractivity contribution in [1.29, 1.82) is 0 Å². The molecule has 3 rings (SSSR count). The second-order valence-corrected chi connectivity index (χ2v) is 8.25. The van der Waals surface area contributed by atoms with Crippen LogP contribution in [0.3, 0.4) is 0 Å². The molecule has 1 aromatic carbocycles. The highest BCUT2D eigenvalue weighted by Gasteiger charge is 2.49. The summed E-state index contributed by atoms with van der Waals surface area (Å²) in [6.45, 7) is 10.3. The number of hydrogen-bond acceptors (Lipinski definition) is 3. The van der Waals surface area contributed by atoms with Crippen LogP contribution in [-0.2, 0) is 23.3 Å². The van der Waals surface area contributed by atoms with Crippen LogP contribution in [-0.4, -0.2) is 33.7 Å². The Morgan fingerprint density at radius 3 is 2.33 bits per heavy atom. The van der Waals surface area contributed by atoms with Crippen molar-refractivity contribution in [2.75, 3.05) is 6.54 Å². The summed E-state index contributed by atoms with van der Waals surface area (Å²) in [7, 11) is 0. The second kappa shape index (κ2) is 8.46. The molecule has 1 aromatic heterocycles. The number of aromatic nitrogens is 1. The zero-order chi connectivity index (χ0) is 22.1. The van der Waals surface area contributed by atoms with Crippen LogP contribution in [0.15, 0.2) is 30.3 Å². The summed E-state index contributed by atoms with van der Waals surface area (Å²) in [6.07, 6.45) is 2.97. The molecule has 0 saturated carbocycles. The average Bonchev–Trinajstić information content (AvgIpc) is 3.11. The molecule has 1 aliphatic heterocycles. The number of nitrogens with one attached hydrogen (secondary N) is 1. The largest absolute Gasteiger partial charge is 0.348 e. The number of urea groups is 1. The molecule has 1 aliphatic rings. The Labute approximate surface area is 178 Å². The van der Waals surface area contributed by atoms with E-state index in [4.69, 9.17) is 0 Å². The van der Waals surface area contributed by atoms with Gasteiger partial charge in [0.15, 0.2) is 5.78 Å². The molecule has 3 amide bonds. The van der Waals surface area contributed by atoms with Crippen LogP contribution >= 0.6 is 0 Å². The predicted molar refractivity (Wildman–Crippen MR) is 117 cm³/mol. The molecule has 30 heavy (non-hydrogen) atoms. The Balaban J connectivity index is 1.81. The van der Waals surface area contributed by atoms with Crippen molar-refractivity contribution in [1.82, 2.24) is 14.8 Å². The third-order valence-corrected chi connectivity index (χ3v) is 5.97. The number of hydrogen-bond donors (Lipinski definition) is 1. The molecule has 0 aliphatic carbocycles. The van der Waals surface area contributed by atoms with Gasteiger partial charge >= 0.3 is 6.03 Å². The van der Waals surface area contributed by atoms with E-state index in [-0.39, 0.29) is 12.3 Å². The van der Waals surface area contributed by atoms with Crippen molar-refractivity contribution in [2.24, 2.45) is 0 Å². The minimum absolute atomic E-state index is 0.225. The van der Waals surface area contributed by atoms with Gasteiger partial charge < -0.3 is 9.88 Å². The zero-order valence-corrected chi connectivity index (χ0v) is 18.5. The lowest BCUT2D eigenvalue weighted by molar-refractivity contribution is -0.130. The first-order valence-electron chi connectivity index (χ1n) is 10.7. The zero-order valence-electron chi connectivity index (χ0n) is 18.5. The highest BCUT2D eigenvalue weighted by Crippen LogP contribution is 2.29. The molecule has 1 fully saturated rings. The summed E-state index contributed by atoms with van der Waals surface area (Å²) in [4.78, 5) is 39.8. The number of benzene rings is 1. The van der Waals surface area contributed by atoms with Gasteiger partial charge in [0.2, 0.25) is 0 Å². The third kappa shape index (κ3) is 3.78. The Bertz CT molecular complexity index is 974. The summed E-state index contributed by atoms with van der Waals surface area (Å²) in [5.74, 6) is -0.622. The Hall–Kier alpha value is -2.89. The monoisotopic (exact) mass is 409 g/mol. The third-order valence-electron chi connectivity index (χ3n) is 5.97. The van der Waals surface area contributed by atoms with Crippen molar-refractivity contribution in [3.8, 4) is 0 Å². The van der Waals surface area contributed by atoms with Gasteiger partial charge in [-0.05, 0) is 50.8 Å². The van der Waals surface area contributed by atoms with E-state index >= 15 is 0 Å². The maximum Gasteiger partial charge on any atom is 0.325 e. The molecular weight excluding hydrogens is 378 g/mol. The average molecular weight is 410 g/mol. The summed E-state index contributed by atoms with van der Waals surface area (Å²) < 4.78 is 2.10. The molecule has 1 N–H and O–H groups in total. The van der Waals surface area contributed by atoms with Crippen LogP contribution in [0.1, 0.15) is 66.5 Å². The molecule has 6 nitrogen and oxygen atoms in total. The summed E-state index contributed by atoms with van der Waals surface area (Å²) in [6, 6.07) is 9.05. The molecular formula is C24H31N3O3. The molecule has 1 saturated heterocycles. The Kier molecular flexibility index (Phi) is 6.15. The number of imide groups is 1. The number of amides is 3. The molecule has 0 bridgehead atoms. The van der Waals surface area contributed by atoms with Crippen LogP contribution in [0.4, 0.5) is 4.79 Å². The fraction of sp³-hybridized carbons (Fsp3) is 0.458. The predicted octanol–water partition coefficient (Wildman–Crippen LogP) is 4.12. The molecule has 1 atom stereocenters. The van der Waals surface area contributed by atoms with E-state index in [0.717, 1.165) is 47.7 Å². The summed E-state index contributed by atoms with van der Waals surface area (Å²) >= 11 is 0. The van der Waals surface area contributed by atoms with E-state index in [1.54, 1.807) is 6.92 Å². The van der Waals surface area contributed by atoms with Gasteiger partial charge in [-0.1, -0.05) is 44.5 Å². The quantitative estimate of drug-likeness (QED) is 0.527. The number of Topliss-reactive ketones (excluding diaryl/α,β-unsaturated/α-hetero) is 1. The van der Waals surface area contributed by atoms with E-state index in [0.29, 0.717) is 5.56 Å². The first-order chi connectivity index (χ1) is 14.2. The topological polar surface area (TPSA) is 71.4 Å². The maximum atomic E-state index is 13.2. The summed E-state index contributed by atoms with van der Waals surface area (Å²) in [5.41, 5.74) is 3.20. The maximum absolute atomic E-state index is 13.2. The number of rotatable bonds is 8. The minimum Gasteiger partial charge on any atom is -0.348 e. The van der Waals surface area contributed by atoms with E-state index in [2.05, 4.69) is 23.7 Å². The molecule has 0 radical (unpaired) electrons. The van der Waals surface area contributed by atoms with Crippen molar-refractivity contribution >= 4 is 17.7 Å². The molecule has 6 heteroatoms. The van der Waals surface area contributed by atoms with Crippen molar-refractivity contribution in [3.05, 3.63) is 58.4 Å². The number of nitrogens with zero attached hydrogens (tertiary/aromatic N) is 2. The standard InChI is InChI=1S/C24H31N3O3/c1-6-8-18-9-11-19(12-10-18)24(5)22(29)27(23(30)25-24)15-21(28)20-14-16(3)26(13-7-2)17(20)4/h9-12,14H,6-8,13,15H2,1-5H3,(H,25,30)/t24-/m0/s1. The van der Waals surface area contributed by atoms with Crippen LogP contribution in [0, 0.1) is 13.8 Å². The highest BCUT2D eigenvalue weighted by molar-refractivity contribution is 6.11. The van der Waals surface area contributed by atoms with Crippen molar-refractivity contribution in [3.63, 3.8) is 0 Å². The first-order valence-corrected chi connectivity index (χ1v) is 10.7. The van der Waals surface area contributed by atoms with Gasteiger partial charge in [-0.3, -0.25) is 14.5 Å². The normalized spacial score (nSPS) is 18.8. The van der Waals surface area contributed by atoms with E-state index in [1.165, 1.54) is 5.56 Å². The molecule has 0 spiro atoms. The number of carbonyl (C=O) groups is 3. The van der Waals surface area contributed by atoms with Gasteiger partial charge in [-0.15, -0.1) is 0 Å². The van der Waals surface area contributed by atoms with E-state index < -0.39 is 17.5 Å². The SMILES string of the molecule is CCCc1ccc([C@]2(C)NC(=O)N(CC(=O)c3cc(C)n(CCC)c3C)C2=O)cc1. The first kappa shape index (κ1) is 21.8. The van der Waals surface area contributed by atoms with E-state index in [9.17, 15) is 14.4 Å². The van der Waals surface area contributed by atoms with Gasteiger partial charge in [-0.25, -0.2) is 4.79 Å². The summed E-state index contributed by atoms with van der Waals surface area (Å²) in [5, 5.41) is 2.79. The fourth-order valence-corrected chi connectivity index (χ4v) is 4.21. The second-order valence-electron chi connectivity index (χ2n) is 8.25. The lowest BCUT2D eigenvalue weighted by atomic mass is 9.91. The Morgan fingerprint density at radius 1 is 1.07 bits per heavy atom. The molecule has 160 valence electrons. The van der Waals surface area contributed by atoms with Gasteiger partial charge in [0.05, 0.1) is 6.54 Å². The lowest BCUT2D eigenvalue weighted by Crippen LogP contribution is -2.41. The van der Waals surface area contributed by atoms with Crippen LogP contribution < -0.4 is 5.32 Å². The lowest BCUT2D eigenvalue weighted by Gasteiger charge is -2.22. The Morgan fingerprint density at radius 2 is 1.73 bits per heavy atom. The van der Waals surface area contributed by atoms with Crippen LogP contribution in [0.5, 0.6) is 0 Å². The smallest absolute Gasteiger partial charge is 0.325 e. The highest BCUT2D eigenvalue weighted by atomic mass is 16.2. The van der Waals surface area contributed by atoms with Gasteiger partial charge in [-0.2, -0.15) is 0 Å². The van der Waals surface area contributed by atoms with Crippen LogP contribution in [0.25, 0.3) is 0 Å². The van der Waals surface area contributed by atoms with Crippen LogP contribution in [0.2, 0.25) is 0 Å². The van der Waals surface area contributed by atoms with E-state index in [1.807, 2.05) is 44.2 Å². The number of ketones is 1.